The molecule has 4 rings (SSSR count). The smallest absolute Gasteiger partial charge is 0.197 e. The van der Waals surface area contributed by atoms with Crippen LogP contribution in [0.15, 0.2) is 48.5 Å². The maximum Gasteiger partial charge on any atom is 0.197 e. The lowest BCUT2D eigenvalue weighted by atomic mass is 9.98. The van der Waals surface area contributed by atoms with Crippen molar-refractivity contribution in [3.8, 4) is 11.5 Å². The van der Waals surface area contributed by atoms with Gasteiger partial charge in [-0.15, -0.1) is 0 Å². The van der Waals surface area contributed by atoms with E-state index in [-0.39, 0.29) is 12.6 Å². The Morgan fingerprint density at radius 1 is 0.576 bits per heavy atom. The molecule has 0 heterocycles. The quantitative estimate of drug-likeness (QED) is 0.351. The van der Waals surface area contributed by atoms with Crippen LogP contribution in [0.25, 0.3) is 0 Å². The molecular formula is C29H40O4. The minimum absolute atomic E-state index is 0.212. The van der Waals surface area contributed by atoms with Crippen molar-refractivity contribution in [2.75, 3.05) is 0 Å². The standard InChI is InChI=1S/C29H40O4/c1-22(30-26-9-5-3-6-10-26)32-28-17-13-24(14-18-28)21-25-15-19-29(20-16-25)33-23(2)31-27-11-7-4-8-12-27/h13-20,22-23,26-27H,3-12,21H2,1-2H3. The number of hydrogen-bond acceptors (Lipinski definition) is 4. The normalized spacial score (nSPS) is 19.7. The molecule has 2 saturated carbocycles. The Hall–Kier alpha value is -2.04. The number of ether oxygens (including phenoxy) is 4. The molecule has 2 aromatic rings. The van der Waals surface area contributed by atoms with E-state index in [0.717, 1.165) is 43.6 Å². The fourth-order valence-corrected chi connectivity index (χ4v) is 4.99. The first kappa shape index (κ1) is 24.1. The van der Waals surface area contributed by atoms with Crippen molar-refractivity contribution >= 4 is 0 Å². The molecule has 0 N–H and O–H groups in total. The second-order valence-corrected chi connectivity index (χ2v) is 9.63. The summed E-state index contributed by atoms with van der Waals surface area (Å²) < 4.78 is 24.1. The van der Waals surface area contributed by atoms with E-state index in [1.807, 2.05) is 38.1 Å². The van der Waals surface area contributed by atoms with Crippen molar-refractivity contribution in [2.45, 2.75) is 109 Å². The Morgan fingerprint density at radius 3 is 1.30 bits per heavy atom. The predicted octanol–water partition coefficient (Wildman–Crippen LogP) is 7.43. The van der Waals surface area contributed by atoms with Crippen LogP contribution in [0.4, 0.5) is 0 Å². The molecule has 0 spiro atoms. The number of rotatable bonds is 10. The monoisotopic (exact) mass is 452 g/mol. The highest BCUT2D eigenvalue weighted by atomic mass is 16.7. The van der Waals surface area contributed by atoms with Gasteiger partial charge in [-0.2, -0.15) is 0 Å². The third-order valence-electron chi connectivity index (χ3n) is 6.73. The van der Waals surface area contributed by atoms with Crippen molar-refractivity contribution < 1.29 is 18.9 Å². The first-order valence-corrected chi connectivity index (χ1v) is 13.0. The van der Waals surface area contributed by atoms with E-state index in [4.69, 9.17) is 18.9 Å². The summed E-state index contributed by atoms with van der Waals surface area (Å²) in [6.45, 7) is 3.99. The summed E-state index contributed by atoms with van der Waals surface area (Å²) in [5, 5.41) is 0. The zero-order valence-corrected chi connectivity index (χ0v) is 20.3. The second kappa shape index (κ2) is 12.4. The lowest BCUT2D eigenvalue weighted by molar-refractivity contribution is -0.117. The molecule has 2 atom stereocenters. The Kier molecular flexibility index (Phi) is 9.08. The van der Waals surface area contributed by atoms with Gasteiger partial charge in [0.25, 0.3) is 0 Å². The van der Waals surface area contributed by atoms with Crippen LogP contribution in [0, 0.1) is 0 Å². The summed E-state index contributed by atoms with van der Waals surface area (Å²) >= 11 is 0. The van der Waals surface area contributed by atoms with Gasteiger partial charge in [0.05, 0.1) is 12.2 Å². The van der Waals surface area contributed by atoms with Gasteiger partial charge >= 0.3 is 0 Å². The summed E-state index contributed by atoms with van der Waals surface area (Å²) in [5.41, 5.74) is 2.51. The molecule has 0 amide bonds. The van der Waals surface area contributed by atoms with Crippen molar-refractivity contribution in [2.24, 2.45) is 0 Å². The fourth-order valence-electron chi connectivity index (χ4n) is 4.99. The molecule has 2 aromatic carbocycles. The van der Waals surface area contributed by atoms with Gasteiger partial charge in [0, 0.05) is 0 Å². The van der Waals surface area contributed by atoms with E-state index in [9.17, 15) is 0 Å². The third-order valence-corrected chi connectivity index (χ3v) is 6.73. The molecule has 2 aliphatic carbocycles. The van der Waals surface area contributed by atoms with Crippen molar-refractivity contribution in [3.05, 3.63) is 59.7 Å². The van der Waals surface area contributed by atoms with Crippen molar-refractivity contribution in [1.82, 2.24) is 0 Å². The minimum atomic E-state index is -0.212. The van der Waals surface area contributed by atoms with E-state index in [1.54, 1.807) is 0 Å². The highest BCUT2D eigenvalue weighted by Crippen LogP contribution is 2.25. The zero-order valence-electron chi connectivity index (χ0n) is 20.3. The van der Waals surface area contributed by atoms with Gasteiger partial charge in [-0.3, -0.25) is 0 Å². The zero-order chi connectivity index (χ0) is 22.9. The van der Waals surface area contributed by atoms with E-state index in [0.29, 0.717) is 12.2 Å². The summed E-state index contributed by atoms with van der Waals surface area (Å²) in [4.78, 5) is 0. The predicted molar refractivity (Wildman–Crippen MR) is 132 cm³/mol. The van der Waals surface area contributed by atoms with Gasteiger partial charge in [0.2, 0.25) is 0 Å². The topological polar surface area (TPSA) is 36.9 Å². The van der Waals surface area contributed by atoms with E-state index in [1.165, 1.54) is 49.7 Å². The molecule has 0 aromatic heterocycles. The lowest BCUT2D eigenvalue weighted by Gasteiger charge is -2.26. The highest BCUT2D eigenvalue weighted by molar-refractivity contribution is 5.34. The van der Waals surface area contributed by atoms with Crippen LogP contribution in [0.3, 0.4) is 0 Å². The van der Waals surface area contributed by atoms with E-state index < -0.39 is 0 Å². The summed E-state index contributed by atoms with van der Waals surface area (Å²) in [7, 11) is 0. The molecule has 0 bridgehead atoms. The summed E-state index contributed by atoms with van der Waals surface area (Å²) in [5.74, 6) is 1.72. The summed E-state index contributed by atoms with van der Waals surface area (Å²) in [6, 6.07) is 16.7. The van der Waals surface area contributed by atoms with Gasteiger partial charge < -0.3 is 18.9 Å². The van der Waals surface area contributed by atoms with Crippen LogP contribution in [-0.2, 0) is 15.9 Å². The molecule has 2 unspecified atom stereocenters. The highest BCUT2D eigenvalue weighted by Gasteiger charge is 2.18. The van der Waals surface area contributed by atoms with E-state index in [2.05, 4.69) is 24.3 Å². The first-order valence-electron chi connectivity index (χ1n) is 13.0. The SMILES string of the molecule is CC(Oc1ccc(Cc2ccc(OC(C)OC3CCCCC3)cc2)cc1)OC1CCCCC1. The van der Waals surface area contributed by atoms with Gasteiger partial charge in [0.1, 0.15) is 11.5 Å². The fraction of sp³-hybridized carbons (Fsp3) is 0.586. The molecule has 33 heavy (non-hydrogen) atoms. The van der Waals surface area contributed by atoms with Crippen LogP contribution in [0.5, 0.6) is 11.5 Å². The van der Waals surface area contributed by atoms with Crippen LogP contribution in [0.1, 0.15) is 89.2 Å². The number of benzene rings is 2. The van der Waals surface area contributed by atoms with Gasteiger partial charge in [0.15, 0.2) is 12.6 Å². The molecule has 2 fully saturated rings. The van der Waals surface area contributed by atoms with Gasteiger partial charge in [-0.1, -0.05) is 62.8 Å². The average molecular weight is 453 g/mol. The third kappa shape index (κ3) is 8.04. The Bertz CT molecular complexity index is 735. The molecular weight excluding hydrogens is 412 g/mol. The second-order valence-electron chi connectivity index (χ2n) is 9.63. The van der Waals surface area contributed by atoms with Crippen LogP contribution in [0.2, 0.25) is 0 Å². The summed E-state index contributed by atoms with van der Waals surface area (Å²) in [6.07, 6.45) is 13.5. The van der Waals surface area contributed by atoms with Crippen molar-refractivity contribution in [1.29, 1.82) is 0 Å². The maximum atomic E-state index is 6.06. The minimum Gasteiger partial charge on any atom is -0.465 e. The Morgan fingerprint density at radius 2 is 0.939 bits per heavy atom. The molecule has 2 aliphatic rings. The molecule has 0 aliphatic heterocycles. The van der Waals surface area contributed by atoms with Crippen molar-refractivity contribution in [3.63, 3.8) is 0 Å². The number of hydrogen-bond donors (Lipinski definition) is 0. The lowest BCUT2D eigenvalue weighted by Crippen LogP contribution is -2.26. The molecule has 4 heteroatoms. The van der Waals surface area contributed by atoms with Crippen LogP contribution < -0.4 is 9.47 Å². The van der Waals surface area contributed by atoms with Gasteiger partial charge in [-0.25, -0.2) is 0 Å². The largest absolute Gasteiger partial charge is 0.465 e. The first-order chi connectivity index (χ1) is 16.1. The van der Waals surface area contributed by atoms with E-state index >= 15 is 0 Å². The molecule has 0 saturated heterocycles. The van der Waals surface area contributed by atoms with Gasteiger partial charge in [-0.05, 0) is 81.3 Å². The van der Waals surface area contributed by atoms with Crippen LogP contribution >= 0.6 is 0 Å². The molecule has 0 radical (unpaired) electrons. The Labute approximate surface area is 199 Å². The molecule has 4 nitrogen and oxygen atoms in total. The Balaban J connectivity index is 1.21. The average Bonchev–Trinajstić information content (AvgIpc) is 2.83. The molecule has 180 valence electrons. The maximum absolute atomic E-state index is 6.06. The van der Waals surface area contributed by atoms with Crippen LogP contribution in [-0.4, -0.2) is 24.8 Å².